The number of rotatable bonds is 3. The quantitative estimate of drug-likeness (QED) is 0.705. The second-order valence-corrected chi connectivity index (χ2v) is 6.31. The van der Waals surface area contributed by atoms with E-state index in [2.05, 4.69) is 39.7 Å². The summed E-state index contributed by atoms with van der Waals surface area (Å²) in [7, 11) is 0. The molecule has 1 aromatic heterocycles. The average molecular weight is 358 g/mol. The molecule has 1 heterocycles. The van der Waals surface area contributed by atoms with Gasteiger partial charge in [0.2, 0.25) is 0 Å². The molecule has 0 bridgehead atoms. The summed E-state index contributed by atoms with van der Waals surface area (Å²) in [6.07, 6.45) is 0.802. The molecule has 2 aromatic rings. The van der Waals surface area contributed by atoms with E-state index in [-0.39, 0.29) is 5.82 Å². The lowest BCUT2D eigenvalue weighted by Gasteiger charge is -2.11. The third kappa shape index (κ3) is 3.36. The molecule has 2 rings (SSSR count). The topological polar surface area (TPSA) is 25.8 Å². The first-order chi connectivity index (χ1) is 9.38. The Kier molecular flexibility index (Phi) is 4.76. The van der Waals surface area contributed by atoms with Gasteiger partial charge in [-0.3, -0.25) is 0 Å². The number of halogens is 3. The van der Waals surface area contributed by atoms with Crippen LogP contribution in [0.3, 0.4) is 0 Å². The summed E-state index contributed by atoms with van der Waals surface area (Å²) in [6.45, 7) is 6.07. The van der Waals surface area contributed by atoms with Gasteiger partial charge in [0.25, 0.3) is 0 Å². The molecule has 0 unspecified atom stereocenters. The second-order valence-electron chi connectivity index (χ2n) is 5.16. The van der Waals surface area contributed by atoms with Crippen LogP contribution in [-0.2, 0) is 6.42 Å². The van der Waals surface area contributed by atoms with Crippen molar-refractivity contribution >= 4 is 27.5 Å². The molecule has 1 aromatic carbocycles. The fourth-order valence-electron chi connectivity index (χ4n) is 1.98. The highest BCUT2D eigenvalue weighted by molar-refractivity contribution is 9.10. The van der Waals surface area contributed by atoms with E-state index in [9.17, 15) is 4.39 Å². The van der Waals surface area contributed by atoms with E-state index in [1.807, 2.05) is 6.92 Å². The highest BCUT2D eigenvalue weighted by atomic mass is 79.9. The number of aromatic nitrogens is 2. The van der Waals surface area contributed by atoms with Crippen LogP contribution in [0.25, 0.3) is 11.4 Å². The zero-order valence-corrected chi connectivity index (χ0v) is 13.9. The van der Waals surface area contributed by atoms with Gasteiger partial charge in [0, 0.05) is 5.56 Å². The van der Waals surface area contributed by atoms with E-state index in [0.717, 1.165) is 27.7 Å². The number of aryl methyl sites for hydroxylation is 1. The number of hydrogen-bond acceptors (Lipinski definition) is 2. The van der Waals surface area contributed by atoms with Crippen LogP contribution in [0, 0.1) is 18.7 Å². The van der Waals surface area contributed by atoms with Crippen molar-refractivity contribution < 1.29 is 4.39 Å². The molecule has 0 aliphatic carbocycles. The Morgan fingerprint density at radius 1 is 1.30 bits per heavy atom. The maximum absolute atomic E-state index is 13.2. The summed E-state index contributed by atoms with van der Waals surface area (Å²) in [4.78, 5) is 8.86. The van der Waals surface area contributed by atoms with E-state index in [0.29, 0.717) is 16.9 Å². The molecule has 0 fully saturated rings. The van der Waals surface area contributed by atoms with Crippen LogP contribution in [0.15, 0.2) is 22.7 Å². The van der Waals surface area contributed by atoms with E-state index in [1.54, 1.807) is 6.07 Å². The standard InChI is InChI=1S/C15H15BrClFN2/c1-8(2)6-12-13(16)14(17)20-15(19-12)11-5-4-10(18)7-9(11)3/h4-5,7-8H,6H2,1-3H3. The van der Waals surface area contributed by atoms with Gasteiger partial charge < -0.3 is 0 Å². The lowest BCUT2D eigenvalue weighted by molar-refractivity contribution is 0.626. The van der Waals surface area contributed by atoms with Crippen molar-refractivity contribution in [3.63, 3.8) is 0 Å². The average Bonchev–Trinajstić information content (AvgIpc) is 2.34. The zero-order valence-electron chi connectivity index (χ0n) is 11.5. The third-order valence-corrected chi connectivity index (χ3v) is 4.25. The highest BCUT2D eigenvalue weighted by Crippen LogP contribution is 2.29. The Bertz CT molecular complexity index is 644. The molecule has 0 spiro atoms. The van der Waals surface area contributed by atoms with Crippen LogP contribution in [0.4, 0.5) is 4.39 Å². The van der Waals surface area contributed by atoms with Crippen molar-refractivity contribution in [3.05, 3.63) is 44.9 Å². The molecule has 20 heavy (non-hydrogen) atoms. The molecule has 106 valence electrons. The lowest BCUT2D eigenvalue weighted by atomic mass is 10.1. The molecule has 0 saturated carbocycles. The van der Waals surface area contributed by atoms with Crippen LogP contribution in [0.1, 0.15) is 25.1 Å². The van der Waals surface area contributed by atoms with Crippen molar-refractivity contribution in [1.82, 2.24) is 9.97 Å². The minimum atomic E-state index is -0.267. The molecule has 0 saturated heterocycles. The highest BCUT2D eigenvalue weighted by Gasteiger charge is 2.14. The Hall–Kier alpha value is -1.00. The van der Waals surface area contributed by atoms with Gasteiger partial charge in [-0.05, 0) is 59.0 Å². The Morgan fingerprint density at radius 3 is 2.60 bits per heavy atom. The SMILES string of the molecule is Cc1cc(F)ccc1-c1nc(Cl)c(Br)c(CC(C)C)n1. The van der Waals surface area contributed by atoms with Gasteiger partial charge in [-0.2, -0.15) is 0 Å². The summed E-state index contributed by atoms with van der Waals surface area (Å²) in [6, 6.07) is 4.56. The molecule has 0 aliphatic heterocycles. The Labute approximate surface area is 131 Å². The molecule has 0 N–H and O–H groups in total. The lowest BCUT2D eigenvalue weighted by Crippen LogP contribution is -2.03. The molecule has 0 amide bonds. The van der Waals surface area contributed by atoms with E-state index >= 15 is 0 Å². The maximum atomic E-state index is 13.2. The first-order valence-corrected chi connectivity index (χ1v) is 7.54. The molecular weight excluding hydrogens is 343 g/mol. The van der Waals surface area contributed by atoms with E-state index in [1.165, 1.54) is 12.1 Å². The Morgan fingerprint density at radius 2 is 2.00 bits per heavy atom. The molecule has 0 radical (unpaired) electrons. The molecule has 2 nitrogen and oxygen atoms in total. The fraction of sp³-hybridized carbons (Fsp3) is 0.333. The summed E-state index contributed by atoms with van der Waals surface area (Å²) in [5, 5.41) is 0.384. The van der Waals surface area contributed by atoms with Crippen LogP contribution in [-0.4, -0.2) is 9.97 Å². The fourth-order valence-corrected chi connectivity index (χ4v) is 2.51. The molecule has 0 atom stereocenters. The number of nitrogens with zero attached hydrogens (tertiary/aromatic N) is 2. The van der Waals surface area contributed by atoms with Crippen LogP contribution >= 0.6 is 27.5 Å². The van der Waals surface area contributed by atoms with Gasteiger partial charge in [-0.1, -0.05) is 25.4 Å². The normalized spacial score (nSPS) is 11.2. The van der Waals surface area contributed by atoms with Crippen LogP contribution < -0.4 is 0 Å². The van der Waals surface area contributed by atoms with E-state index in [4.69, 9.17) is 11.6 Å². The summed E-state index contributed by atoms with van der Waals surface area (Å²) < 4.78 is 13.9. The summed E-state index contributed by atoms with van der Waals surface area (Å²) >= 11 is 9.59. The van der Waals surface area contributed by atoms with Gasteiger partial charge in [0.05, 0.1) is 10.2 Å². The smallest absolute Gasteiger partial charge is 0.161 e. The van der Waals surface area contributed by atoms with Crippen molar-refractivity contribution in [1.29, 1.82) is 0 Å². The maximum Gasteiger partial charge on any atom is 0.161 e. The number of hydrogen-bond donors (Lipinski definition) is 0. The minimum Gasteiger partial charge on any atom is -0.232 e. The van der Waals surface area contributed by atoms with Gasteiger partial charge in [0.1, 0.15) is 11.0 Å². The van der Waals surface area contributed by atoms with E-state index < -0.39 is 0 Å². The first-order valence-electron chi connectivity index (χ1n) is 6.37. The van der Waals surface area contributed by atoms with Gasteiger partial charge in [-0.15, -0.1) is 0 Å². The largest absolute Gasteiger partial charge is 0.232 e. The summed E-state index contributed by atoms with van der Waals surface area (Å²) in [5.41, 5.74) is 2.46. The van der Waals surface area contributed by atoms with Crippen LogP contribution in [0.5, 0.6) is 0 Å². The molecule has 0 aliphatic rings. The van der Waals surface area contributed by atoms with Gasteiger partial charge in [-0.25, -0.2) is 14.4 Å². The predicted molar refractivity (Wildman–Crippen MR) is 83.4 cm³/mol. The minimum absolute atomic E-state index is 0.267. The Balaban J connectivity index is 2.54. The van der Waals surface area contributed by atoms with Crippen molar-refractivity contribution in [3.8, 4) is 11.4 Å². The van der Waals surface area contributed by atoms with Crippen LogP contribution in [0.2, 0.25) is 5.15 Å². The van der Waals surface area contributed by atoms with Gasteiger partial charge in [0.15, 0.2) is 5.82 Å². The zero-order chi connectivity index (χ0) is 14.9. The predicted octanol–water partition coefficient (Wildman–Crippen LogP) is 5.21. The monoisotopic (exact) mass is 356 g/mol. The van der Waals surface area contributed by atoms with Crippen molar-refractivity contribution in [2.75, 3.05) is 0 Å². The molecular formula is C15H15BrClFN2. The second kappa shape index (κ2) is 6.19. The van der Waals surface area contributed by atoms with Crippen molar-refractivity contribution in [2.24, 2.45) is 5.92 Å². The molecule has 5 heteroatoms. The first kappa shape index (κ1) is 15.4. The summed E-state index contributed by atoms with van der Waals surface area (Å²) in [5.74, 6) is 0.725. The number of benzene rings is 1. The third-order valence-electron chi connectivity index (χ3n) is 2.91. The van der Waals surface area contributed by atoms with Gasteiger partial charge >= 0.3 is 0 Å². The van der Waals surface area contributed by atoms with Crippen molar-refractivity contribution in [2.45, 2.75) is 27.2 Å².